The zero-order valence-electron chi connectivity index (χ0n) is 11.0. The number of carbonyl (C=O) groups excluding carboxylic acids is 1. The molecule has 2 rings (SSSR count). The first-order chi connectivity index (χ1) is 10.0. The van der Waals surface area contributed by atoms with Gasteiger partial charge in [0.25, 0.3) is 5.91 Å². The van der Waals surface area contributed by atoms with Crippen LogP contribution in [0.1, 0.15) is 12.8 Å². The molecule has 0 aromatic heterocycles. The number of rotatable bonds is 5. The molecule has 1 aliphatic heterocycles. The van der Waals surface area contributed by atoms with Gasteiger partial charge in [0.1, 0.15) is 12.7 Å². The molecular weight excluding hydrogens is 302 g/mol. The quantitative estimate of drug-likeness (QED) is 0.364. The molecule has 9 heteroatoms. The second kappa shape index (κ2) is 6.70. The molecule has 3 N–H and O–H groups in total. The van der Waals surface area contributed by atoms with Crippen LogP contribution in [0.3, 0.4) is 0 Å². The Kier molecular flexibility index (Phi) is 4.94. The van der Waals surface area contributed by atoms with E-state index in [-0.39, 0.29) is 29.2 Å². The van der Waals surface area contributed by atoms with Gasteiger partial charge in [-0.05, 0) is 18.9 Å². The zero-order chi connectivity index (χ0) is 15.4. The van der Waals surface area contributed by atoms with Crippen molar-refractivity contribution in [3.8, 4) is 5.75 Å². The van der Waals surface area contributed by atoms with Gasteiger partial charge in [0.2, 0.25) is 5.75 Å². The molecule has 1 aromatic rings. The number of benzene rings is 1. The third kappa shape index (κ3) is 3.60. The highest BCUT2D eigenvalue weighted by Crippen LogP contribution is 2.35. The molecule has 114 valence electrons. The van der Waals surface area contributed by atoms with E-state index in [0.29, 0.717) is 12.8 Å². The average molecular weight is 316 g/mol. The summed E-state index contributed by atoms with van der Waals surface area (Å²) in [7, 11) is 0. The first kappa shape index (κ1) is 15.5. The fraction of sp³-hybridized carbons (Fsp3) is 0.417. The summed E-state index contributed by atoms with van der Waals surface area (Å²) in [5.74, 6) is 4.63. The first-order valence-corrected chi connectivity index (χ1v) is 6.62. The number of nitro groups is 1. The molecule has 0 spiro atoms. The van der Waals surface area contributed by atoms with E-state index in [4.69, 9.17) is 26.9 Å². The van der Waals surface area contributed by atoms with Gasteiger partial charge in [-0.1, -0.05) is 17.7 Å². The first-order valence-electron chi connectivity index (χ1n) is 6.24. The molecule has 1 saturated heterocycles. The number of hydrogen-bond donors (Lipinski definition) is 2. The van der Waals surface area contributed by atoms with E-state index in [0.717, 1.165) is 0 Å². The van der Waals surface area contributed by atoms with E-state index in [1.165, 1.54) is 18.2 Å². The van der Waals surface area contributed by atoms with Gasteiger partial charge in [-0.25, -0.2) is 5.84 Å². The van der Waals surface area contributed by atoms with Crippen LogP contribution in [0.5, 0.6) is 5.75 Å². The highest BCUT2D eigenvalue weighted by atomic mass is 35.5. The molecule has 0 bridgehead atoms. The van der Waals surface area contributed by atoms with Crippen LogP contribution in [0, 0.1) is 10.1 Å². The molecular formula is C12H14ClN3O5. The Morgan fingerprint density at radius 3 is 3.00 bits per heavy atom. The van der Waals surface area contributed by atoms with Gasteiger partial charge < -0.3 is 9.47 Å². The van der Waals surface area contributed by atoms with E-state index in [1.807, 2.05) is 5.43 Å². The summed E-state index contributed by atoms with van der Waals surface area (Å²) >= 11 is 5.91. The number of carbonyl (C=O) groups is 1. The van der Waals surface area contributed by atoms with Crippen molar-refractivity contribution >= 4 is 23.2 Å². The summed E-state index contributed by atoms with van der Waals surface area (Å²) < 4.78 is 10.9. The smallest absolute Gasteiger partial charge is 0.312 e. The Labute approximate surface area is 125 Å². The number of nitrogens with two attached hydrogens (primary N) is 1. The molecule has 8 nitrogen and oxygen atoms in total. The molecule has 0 radical (unpaired) electrons. The van der Waals surface area contributed by atoms with Crippen LogP contribution < -0.4 is 16.0 Å². The summed E-state index contributed by atoms with van der Waals surface area (Å²) in [6.45, 7) is 0.0684. The van der Waals surface area contributed by atoms with E-state index in [2.05, 4.69) is 0 Å². The minimum atomic E-state index is -0.621. The van der Waals surface area contributed by atoms with Gasteiger partial charge in [0, 0.05) is 6.07 Å². The van der Waals surface area contributed by atoms with Gasteiger partial charge in [0.05, 0.1) is 16.0 Å². The van der Waals surface area contributed by atoms with Crippen LogP contribution in [0.4, 0.5) is 5.69 Å². The van der Waals surface area contributed by atoms with Gasteiger partial charge in [-0.3, -0.25) is 20.3 Å². The number of nitrogens with one attached hydrogen (secondary N) is 1. The number of hydrogen-bond acceptors (Lipinski definition) is 6. The highest BCUT2D eigenvalue weighted by molar-refractivity contribution is 6.32. The monoisotopic (exact) mass is 315 g/mol. The number of nitro benzene ring substituents is 1. The lowest BCUT2D eigenvalue weighted by molar-refractivity contribution is -0.385. The Morgan fingerprint density at radius 1 is 1.57 bits per heavy atom. The molecule has 1 heterocycles. The highest BCUT2D eigenvalue weighted by Gasteiger charge is 2.31. The van der Waals surface area contributed by atoms with Crippen LogP contribution >= 0.6 is 11.6 Å². The Bertz CT molecular complexity index is 554. The van der Waals surface area contributed by atoms with Crippen LogP contribution in [-0.4, -0.2) is 29.6 Å². The molecule has 2 atom stereocenters. The van der Waals surface area contributed by atoms with E-state index < -0.39 is 16.9 Å². The number of para-hydroxylation sites is 1. The van der Waals surface area contributed by atoms with Crippen molar-refractivity contribution in [2.24, 2.45) is 5.84 Å². The zero-order valence-corrected chi connectivity index (χ0v) is 11.7. The maximum Gasteiger partial charge on any atom is 0.312 e. The normalized spacial score (nSPS) is 21.0. The second-order valence-electron chi connectivity index (χ2n) is 4.49. The van der Waals surface area contributed by atoms with Gasteiger partial charge >= 0.3 is 5.69 Å². The van der Waals surface area contributed by atoms with Crippen molar-refractivity contribution in [1.82, 2.24) is 5.43 Å². The summed E-state index contributed by atoms with van der Waals surface area (Å²) in [5.41, 5.74) is 1.81. The molecule has 1 aromatic carbocycles. The van der Waals surface area contributed by atoms with E-state index in [1.54, 1.807) is 0 Å². The van der Waals surface area contributed by atoms with Gasteiger partial charge in [0.15, 0.2) is 0 Å². The van der Waals surface area contributed by atoms with E-state index >= 15 is 0 Å². The fourth-order valence-corrected chi connectivity index (χ4v) is 2.30. The van der Waals surface area contributed by atoms with Gasteiger partial charge in [-0.2, -0.15) is 0 Å². The predicted octanol–water partition coefficient (Wildman–Crippen LogP) is 1.16. The topological polar surface area (TPSA) is 117 Å². The van der Waals surface area contributed by atoms with Crippen LogP contribution in [0.25, 0.3) is 0 Å². The third-order valence-corrected chi connectivity index (χ3v) is 3.40. The maximum absolute atomic E-state index is 11.3. The number of nitrogens with zero attached hydrogens (tertiary/aromatic N) is 1. The summed E-state index contributed by atoms with van der Waals surface area (Å²) in [5, 5.41) is 11.1. The van der Waals surface area contributed by atoms with Crippen molar-refractivity contribution in [3.05, 3.63) is 33.3 Å². The number of amides is 1. The summed E-state index contributed by atoms with van der Waals surface area (Å²) in [6, 6.07) is 4.28. The molecule has 1 aliphatic rings. The van der Waals surface area contributed by atoms with Crippen molar-refractivity contribution in [2.75, 3.05) is 6.61 Å². The summed E-state index contributed by atoms with van der Waals surface area (Å²) in [4.78, 5) is 21.7. The molecule has 0 aliphatic carbocycles. The van der Waals surface area contributed by atoms with Crippen molar-refractivity contribution in [3.63, 3.8) is 0 Å². The Balaban J connectivity index is 1.98. The standard InChI is InChI=1S/C12H14ClN3O5/c13-8-2-1-3-9(16(18)19)11(8)20-6-7-4-5-10(21-7)12(17)15-14/h1-3,7,10H,4-6,14H2,(H,15,17). The average Bonchev–Trinajstić information content (AvgIpc) is 2.93. The number of hydrazine groups is 1. The lowest BCUT2D eigenvalue weighted by atomic mass is 10.2. The van der Waals surface area contributed by atoms with E-state index in [9.17, 15) is 14.9 Å². The fourth-order valence-electron chi connectivity index (χ4n) is 2.07. The molecule has 1 amide bonds. The van der Waals surface area contributed by atoms with Crippen LogP contribution in [-0.2, 0) is 9.53 Å². The van der Waals surface area contributed by atoms with Crippen molar-refractivity contribution in [2.45, 2.75) is 25.0 Å². The minimum absolute atomic E-state index is 0.000469. The number of halogens is 1. The molecule has 2 unspecified atom stereocenters. The van der Waals surface area contributed by atoms with Crippen molar-refractivity contribution in [1.29, 1.82) is 0 Å². The SMILES string of the molecule is NNC(=O)C1CCC(COc2c(Cl)cccc2[N+](=O)[O-])O1. The number of ether oxygens (including phenoxy) is 2. The predicted molar refractivity (Wildman–Crippen MR) is 73.8 cm³/mol. The van der Waals surface area contributed by atoms with Crippen LogP contribution in [0.15, 0.2) is 18.2 Å². The molecule has 21 heavy (non-hydrogen) atoms. The lowest BCUT2D eigenvalue weighted by Gasteiger charge is -2.14. The van der Waals surface area contributed by atoms with Crippen molar-refractivity contribution < 1.29 is 19.2 Å². The second-order valence-corrected chi connectivity index (χ2v) is 4.90. The van der Waals surface area contributed by atoms with Gasteiger partial charge in [-0.15, -0.1) is 0 Å². The minimum Gasteiger partial charge on any atom is -0.483 e. The summed E-state index contributed by atoms with van der Waals surface area (Å²) in [6.07, 6.45) is 0.144. The molecule has 0 saturated carbocycles. The Hall–Kier alpha value is -1.90. The Morgan fingerprint density at radius 2 is 2.33 bits per heavy atom. The maximum atomic E-state index is 11.3. The largest absolute Gasteiger partial charge is 0.483 e. The molecule has 1 fully saturated rings. The third-order valence-electron chi connectivity index (χ3n) is 3.10. The lowest BCUT2D eigenvalue weighted by Crippen LogP contribution is -2.39. The van der Waals surface area contributed by atoms with Crippen LogP contribution in [0.2, 0.25) is 5.02 Å².